The predicted octanol–water partition coefficient (Wildman–Crippen LogP) is -0.181. The third kappa shape index (κ3) is 1.43. The van der Waals surface area contributed by atoms with Crippen molar-refractivity contribution < 1.29 is 14.5 Å². The van der Waals surface area contributed by atoms with Crippen LogP contribution in [0.25, 0.3) is 5.65 Å². The number of nitro groups is 1. The van der Waals surface area contributed by atoms with Crippen molar-refractivity contribution in [1.82, 2.24) is 20.0 Å². The first-order valence-corrected chi connectivity index (χ1v) is 4.08. The Morgan fingerprint density at radius 3 is 3.00 bits per heavy atom. The monoisotopic (exact) mass is 223 g/mol. The fourth-order valence-corrected chi connectivity index (χ4v) is 1.19. The maximum Gasteiger partial charge on any atom is 0.339 e. The second-order valence-electron chi connectivity index (χ2n) is 2.81. The molecule has 0 aliphatic rings. The van der Waals surface area contributed by atoms with Crippen LogP contribution in [0.5, 0.6) is 0 Å². The largest absolute Gasteiger partial charge is 0.465 e. The molecule has 2 aromatic heterocycles. The van der Waals surface area contributed by atoms with E-state index in [4.69, 9.17) is 0 Å². The number of methoxy groups -OCH3 is 1. The van der Waals surface area contributed by atoms with E-state index in [0.717, 1.165) is 10.6 Å². The van der Waals surface area contributed by atoms with Gasteiger partial charge in [0.15, 0.2) is 0 Å². The molecule has 0 N–H and O–H groups in total. The lowest BCUT2D eigenvalue weighted by molar-refractivity contribution is -0.383. The molecular weight excluding hydrogens is 218 g/mol. The van der Waals surface area contributed by atoms with Crippen LogP contribution >= 0.6 is 0 Å². The molecule has 0 fully saturated rings. The van der Waals surface area contributed by atoms with E-state index in [9.17, 15) is 14.9 Å². The van der Waals surface area contributed by atoms with E-state index in [1.807, 2.05) is 0 Å². The number of hydrogen-bond donors (Lipinski definition) is 0. The van der Waals surface area contributed by atoms with Crippen LogP contribution in [0.1, 0.15) is 10.4 Å². The number of rotatable bonds is 2. The van der Waals surface area contributed by atoms with Gasteiger partial charge in [-0.05, 0) is 10.4 Å². The minimum atomic E-state index is -0.694. The zero-order chi connectivity index (χ0) is 11.7. The number of fused-ring (bicyclic) bond motifs is 1. The lowest BCUT2D eigenvalue weighted by atomic mass is 10.2. The first-order valence-electron chi connectivity index (χ1n) is 4.08. The van der Waals surface area contributed by atoms with Gasteiger partial charge in [-0.1, -0.05) is 0 Å². The molecule has 0 amide bonds. The molecule has 0 saturated carbocycles. The van der Waals surface area contributed by atoms with Gasteiger partial charge in [0.2, 0.25) is 0 Å². The SMILES string of the molecule is COC(=O)c1cc([N+](=O)[O-])c2nnnn2c1. The van der Waals surface area contributed by atoms with Crippen LogP contribution in [-0.4, -0.2) is 38.0 Å². The molecule has 0 spiro atoms. The van der Waals surface area contributed by atoms with Crippen molar-refractivity contribution in [3.8, 4) is 0 Å². The van der Waals surface area contributed by atoms with Gasteiger partial charge in [0.05, 0.1) is 17.6 Å². The highest BCUT2D eigenvalue weighted by atomic mass is 16.6. The van der Waals surface area contributed by atoms with Crippen molar-refractivity contribution in [2.24, 2.45) is 0 Å². The lowest BCUT2D eigenvalue weighted by Crippen LogP contribution is -2.05. The predicted molar refractivity (Wildman–Crippen MR) is 48.8 cm³/mol. The summed E-state index contributed by atoms with van der Waals surface area (Å²) in [5.41, 5.74) is -0.375. The summed E-state index contributed by atoms with van der Waals surface area (Å²) in [6.07, 6.45) is 1.26. The van der Waals surface area contributed by atoms with Crippen molar-refractivity contribution in [3.05, 3.63) is 27.9 Å². The molecule has 0 bridgehead atoms. The molecule has 0 radical (unpaired) electrons. The molecule has 0 aromatic carbocycles. The lowest BCUT2D eigenvalue weighted by Gasteiger charge is -1.99. The zero-order valence-electron chi connectivity index (χ0n) is 8.02. The first kappa shape index (κ1) is 9.96. The van der Waals surface area contributed by atoms with E-state index in [2.05, 4.69) is 20.3 Å². The van der Waals surface area contributed by atoms with Crippen molar-refractivity contribution >= 4 is 17.3 Å². The van der Waals surface area contributed by atoms with Crippen LogP contribution in [0, 0.1) is 10.1 Å². The number of aromatic nitrogens is 4. The molecule has 2 heterocycles. The van der Waals surface area contributed by atoms with Gasteiger partial charge in [0, 0.05) is 12.3 Å². The number of hydrogen-bond acceptors (Lipinski definition) is 7. The zero-order valence-corrected chi connectivity index (χ0v) is 8.02. The van der Waals surface area contributed by atoms with Crippen LogP contribution in [0.15, 0.2) is 12.3 Å². The maximum absolute atomic E-state index is 11.2. The average Bonchev–Trinajstić information content (AvgIpc) is 2.74. The number of pyridine rings is 1. The third-order valence-electron chi connectivity index (χ3n) is 1.89. The maximum atomic E-state index is 11.2. The Bertz CT molecular complexity index is 577. The minimum absolute atomic E-state index is 0.00833. The number of tetrazole rings is 1. The fourth-order valence-electron chi connectivity index (χ4n) is 1.19. The summed E-state index contributed by atoms with van der Waals surface area (Å²) in [5, 5.41) is 21.0. The summed E-state index contributed by atoms with van der Waals surface area (Å²) < 4.78 is 5.50. The summed E-state index contributed by atoms with van der Waals surface area (Å²) in [5.74, 6) is -0.694. The molecule has 0 saturated heterocycles. The normalized spacial score (nSPS) is 10.3. The summed E-state index contributed by atoms with van der Waals surface area (Å²) >= 11 is 0. The minimum Gasteiger partial charge on any atom is -0.465 e. The second-order valence-corrected chi connectivity index (χ2v) is 2.81. The van der Waals surface area contributed by atoms with Crippen LogP contribution < -0.4 is 0 Å². The molecule has 0 unspecified atom stereocenters. The molecule has 0 aliphatic carbocycles. The molecule has 0 aliphatic heterocycles. The Balaban J connectivity index is 2.71. The summed E-state index contributed by atoms with van der Waals surface area (Å²) in [7, 11) is 1.18. The van der Waals surface area contributed by atoms with Crippen molar-refractivity contribution in [1.29, 1.82) is 0 Å². The Morgan fingerprint density at radius 1 is 1.62 bits per heavy atom. The summed E-state index contributed by atoms with van der Waals surface area (Å²) in [4.78, 5) is 21.3. The average molecular weight is 223 g/mol. The quantitative estimate of drug-likeness (QED) is 0.394. The molecular formula is C7H5N5O4. The van der Waals surface area contributed by atoms with Crippen molar-refractivity contribution in [2.45, 2.75) is 0 Å². The van der Waals surface area contributed by atoms with E-state index in [0.29, 0.717) is 0 Å². The van der Waals surface area contributed by atoms with Gasteiger partial charge in [-0.2, -0.15) is 4.52 Å². The van der Waals surface area contributed by atoms with Crippen LogP contribution in [0.3, 0.4) is 0 Å². The van der Waals surface area contributed by atoms with E-state index in [1.165, 1.54) is 13.3 Å². The molecule has 0 atom stereocenters. The summed E-state index contributed by atoms with van der Waals surface area (Å²) in [6.45, 7) is 0. The third-order valence-corrected chi connectivity index (χ3v) is 1.89. The van der Waals surface area contributed by atoms with E-state index in [-0.39, 0.29) is 16.9 Å². The van der Waals surface area contributed by atoms with Gasteiger partial charge in [0.25, 0.3) is 5.65 Å². The fraction of sp³-hybridized carbons (Fsp3) is 0.143. The second kappa shape index (κ2) is 3.53. The number of ether oxygens (including phenoxy) is 1. The van der Waals surface area contributed by atoms with Gasteiger partial charge in [-0.25, -0.2) is 4.79 Å². The Hall–Kier alpha value is -2.58. The number of carbonyl (C=O) groups is 1. The van der Waals surface area contributed by atoms with Gasteiger partial charge >= 0.3 is 11.7 Å². The van der Waals surface area contributed by atoms with Gasteiger partial charge in [0.1, 0.15) is 0 Å². The topological polar surface area (TPSA) is 113 Å². The van der Waals surface area contributed by atoms with Crippen LogP contribution in [0.2, 0.25) is 0 Å². The van der Waals surface area contributed by atoms with E-state index in [1.54, 1.807) is 0 Å². The highest BCUT2D eigenvalue weighted by Gasteiger charge is 2.20. The Labute approximate surface area is 87.8 Å². The van der Waals surface area contributed by atoms with Gasteiger partial charge in [-0.3, -0.25) is 10.1 Å². The molecule has 16 heavy (non-hydrogen) atoms. The Morgan fingerprint density at radius 2 is 2.38 bits per heavy atom. The number of carbonyl (C=O) groups excluding carboxylic acids is 1. The van der Waals surface area contributed by atoms with Crippen LogP contribution in [0.4, 0.5) is 5.69 Å². The molecule has 2 rings (SSSR count). The summed E-state index contributed by atoms with van der Waals surface area (Å²) in [6, 6.07) is 1.07. The van der Waals surface area contributed by atoms with Crippen molar-refractivity contribution in [3.63, 3.8) is 0 Å². The first-order chi connectivity index (χ1) is 7.63. The molecule has 9 nitrogen and oxygen atoms in total. The highest BCUT2D eigenvalue weighted by Crippen LogP contribution is 2.18. The smallest absolute Gasteiger partial charge is 0.339 e. The van der Waals surface area contributed by atoms with Crippen molar-refractivity contribution in [2.75, 3.05) is 7.11 Å². The highest BCUT2D eigenvalue weighted by molar-refractivity contribution is 5.90. The standard InChI is InChI=1S/C7H5N5O4/c1-16-7(13)4-2-5(12(14)15)6-8-9-10-11(6)3-4/h2-3H,1H3. The van der Waals surface area contributed by atoms with E-state index >= 15 is 0 Å². The number of esters is 1. The van der Waals surface area contributed by atoms with Crippen LogP contribution in [-0.2, 0) is 4.74 Å². The van der Waals surface area contributed by atoms with E-state index < -0.39 is 10.9 Å². The molecule has 2 aromatic rings. The van der Waals surface area contributed by atoms with Gasteiger partial charge < -0.3 is 4.74 Å². The van der Waals surface area contributed by atoms with Gasteiger partial charge in [-0.15, -0.1) is 5.10 Å². The molecule has 82 valence electrons. The molecule has 9 heteroatoms. The number of nitrogens with zero attached hydrogens (tertiary/aromatic N) is 5. The Kier molecular flexibility index (Phi) is 2.20.